The fourth-order valence-corrected chi connectivity index (χ4v) is 5.16. The van der Waals surface area contributed by atoms with Crippen LogP contribution in [-0.2, 0) is 28.5 Å². The lowest BCUT2D eigenvalue weighted by atomic mass is 9.81. The molecule has 11 nitrogen and oxygen atoms in total. The molecular formula is C27H32O11. The van der Waals surface area contributed by atoms with Gasteiger partial charge in [-0.3, -0.25) is 0 Å². The highest BCUT2D eigenvalue weighted by atomic mass is 16.8. The van der Waals surface area contributed by atoms with Crippen LogP contribution in [-0.4, -0.2) is 86.7 Å². The van der Waals surface area contributed by atoms with Gasteiger partial charge in [-0.2, -0.15) is 0 Å². The number of rotatable bonds is 8. The fraction of sp³-hybridized carbons (Fsp3) is 0.481. The van der Waals surface area contributed by atoms with Gasteiger partial charge in [-0.25, -0.2) is 9.59 Å². The quantitative estimate of drug-likeness (QED) is 0.181. The first-order valence-electron chi connectivity index (χ1n) is 12.3. The lowest BCUT2D eigenvalue weighted by Crippen LogP contribution is -2.61. The second-order valence-electron chi connectivity index (χ2n) is 9.78. The molecule has 1 saturated heterocycles. The molecule has 2 aliphatic heterocycles. The number of carboxylic acid groups (broad SMARTS) is 1. The normalized spacial score (nSPS) is 37.0. The number of aliphatic hydroxyl groups is 4. The van der Waals surface area contributed by atoms with E-state index < -0.39 is 73.0 Å². The largest absolute Gasteiger partial charge is 0.478 e. The Bertz CT molecular complexity index is 1080. The number of fused-ring (bicyclic) bond motifs is 1. The third kappa shape index (κ3) is 5.98. The summed E-state index contributed by atoms with van der Waals surface area (Å²) in [5, 5.41) is 51.1. The monoisotopic (exact) mass is 532 g/mol. The fourth-order valence-electron chi connectivity index (χ4n) is 5.16. The van der Waals surface area contributed by atoms with Crippen LogP contribution < -0.4 is 0 Å². The molecule has 1 aliphatic carbocycles. The molecule has 0 radical (unpaired) electrons. The number of carbonyl (C=O) groups excluding carboxylic acids is 1. The van der Waals surface area contributed by atoms with Gasteiger partial charge in [0.05, 0.1) is 30.0 Å². The number of allylic oxidation sites excluding steroid dienone is 2. The second kappa shape index (κ2) is 11.8. The molecule has 0 spiro atoms. The predicted molar refractivity (Wildman–Crippen MR) is 131 cm³/mol. The molecule has 9 atom stereocenters. The van der Waals surface area contributed by atoms with E-state index >= 15 is 0 Å². The van der Waals surface area contributed by atoms with Crippen LogP contribution in [0.4, 0.5) is 0 Å². The second-order valence-corrected chi connectivity index (χ2v) is 9.78. The highest BCUT2D eigenvalue weighted by Gasteiger charge is 2.56. The van der Waals surface area contributed by atoms with Crippen LogP contribution in [0.2, 0.25) is 0 Å². The first kappa shape index (κ1) is 28.0. The van der Waals surface area contributed by atoms with Gasteiger partial charge in [0.25, 0.3) is 0 Å². The average molecular weight is 533 g/mol. The molecular weight excluding hydrogens is 500 g/mol. The Hall–Kier alpha value is -3.06. The minimum absolute atomic E-state index is 0.00227. The highest BCUT2D eigenvalue weighted by Crippen LogP contribution is 2.49. The van der Waals surface area contributed by atoms with E-state index in [0.29, 0.717) is 12.8 Å². The van der Waals surface area contributed by atoms with Crippen LogP contribution in [0.15, 0.2) is 60.4 Å². The zero-order valence-corrected chi connectivity index (χ0v) is 20.7. The number of esters is 1. The third-order valence-corrected chi connectivity index (χ3v) is 7.16. The zero-order chi connectivity index (χ0) is 27.4. The Kier molecular flexibility index (Phi) is 8.66. The molecule has 1 saturated carbocycles. The number of hydrogen-bond donors (Lipinski definition) is 5. The number of ether oxygens (including phenoxy) is 4. The lowest BCUT2D eigenvalue weighted by Gasteiger charge is -2.44. The molecule has 38 heavy (non-hydrogen) atoms. The van der Waals surface area contributed by atoms with Crippen molar-refractivity contribution in [1.29, 1.82) is 0 Å². The number of aliphatic hydroxyl groups excluding tert-OH is 3. The van der Waals surface area contributed by atoms with E-state index in [2.05, 4.69) is 0 Å². The molecule has 1 aromatic carbocycles. The molecule has 9 unspecified atom stereocenters. The highest BCUT2D eigenvalue weighted by molar-refractivity contribution is 5.87. The summed E-state index contributed by atoms with van der Waals surface area (Å²) in [6.45, 7) is 0.881. The minimum Gasteiger partial charge on any atom is -0.478 e. The van der Waals surface area contributed by atoms with Crippen LogP contribution in [0.25, 0.3) is 6.08 Å². The van der Waals surface area contributed by atoms with Crippen molar-refractivity contribution in [2.75, 3.05) is 6.61 Å². The maximum Gasteiger partial charge on any atom is 0.334 e. The Morgan fingerprint density at radius 2 is 1.87 bits per heavy atom. The van der Waals surface area contributed by atoms with Crippen molar-refractivity contribution in [2.24, 2.45) is 11.8 Å². The number of hydrogen-bond acceptors (Lipinski definition) is 10. The van der Waals surface area contributed by atoms with Gasteiger partial charge in [0.15, 0.2) is 6.10 Å². The Balaban J connectivity index is 1.50. The van der Waals surface area contributed by atoms with E-state index in [4.69, 9.17) is 18.9 Å². The van der Waals surface area contributed by atoms with Gasteiger partial charge in [-0.15, -0.1) is 0 Å². The Morgan fingerprint density at radius 3 is 2.55 bits per heavy atom. The summed E-state index contributed by atoms with van der Waals surface area (Å²) >= 11 is 0. The van der Waals surface area contributed by atoms with Gasteiger partial charge < -0.3 is 44.5 Å². The van der Waals surface area contributed by atoms with E-state index in [1.54, 1.807) is 19.1 Å². The topological polar surface area (TPSA) is 172 Å². The van der Waals surface area contributed by atoms with Gasteiger partial charge in [0.1, 0.15) is 18.3 Å². The van der Waals surface area contributed by atoms with Crippen molar-refractivity contribution < 1.29 is 54.1 Å². The van der Waals surface area contributed by atoms with E-state index in [9.17, 15) is 35.1 Å². The van der Waals surface area contributed by atoms with E-state index in [1.165, 1.54) is 6.08 Å². The molecule has 0 amide bonds. The summed E-state index contributed by atoms with van der Waals surface area (Å²) in [6, 6.07) is 9.38. The molecule has 1 aromatic rings. The van der Waals surface area contributed by atoms with Gasteiger partial charge in [0, 0.05) is 12.0 Å². The number of carboxylic acids is 1. The SMILES string of the molecule is CC1(O)CCC2C(C(=O)O)=COC(OC3OC(CO)C(O)C(O)C3OC(=O)C=CC=Cc3ccccc3)C21. The molecule has 0 aromatic heterocycles. The van der Waals surface area contributed by atoms with Crippen molar-refractivity contribution in [3.63, 3.8) is 0 Å². The smallest absolute Gasteiger partial charge is 0.334 e. The summed E-state index contributed by atoms with van der Waals surface area (Å²) in [5.41, 5.74) is -0.424. The average Bonchev–Trinajstić information content (AvgIpc) is 3.22. The molecule has 5 N–H and O–H groups in total. The van der Waals surface area contributed by atoms with Crippen molar-refractivity contribution in [3.05, 3.63) is 66.0 Å². The maximum atomic E-state index is 12.5. The maximum absolute atomic E-state index is 12.5. The van der Waals surface area contributed by atoms with Gasteiger partial charge in [0.2, 0.25) is 12.6 Å². The van der Waals surface area contributed by atoms with Crippen LogP contribution in [0.3, 0.4) is 0 Å². The summed E-state index contributed by atoms with van der Waals surface area (Å²) in [7, 11) is 0. The van der Waals surface area contributed by atoms with E-state index in [1.807, 2.05) is 30.3 Å². The summed E-state index contributed by atoms with van der Waals surface area (Å²) in [4.78, 5) is 24.2. The van der Waals surface area contributed by atoms with Crippen LogP contribution in [0.1, 0.15) is 25.3 Å². The summed E-state index contributed by atoms with van der Waals surface area (Å²) in [6.07, 6.45) is -1.12. The summed E-state index contributed by atoms with van der Waals surface area (Å²) in [5.74, 6) is -3.42. The number of aliphatic carboxylic acids is 1. The van der Waals surface area contributed by atoms with E-state index in [0.717, 1.165) is 17.9 Å². The zero-order valence-electron chi connectivity index (χ0n) is 20.7. The van der Waals surface area contributed by atoms with Gasteiger partial charge in [-0.05, 0) is 25.3 Å². The Labute approximate surface area is 219 Å². The third-order valence-electron chi connectivity index (χ3n) is 7.16. The molecule has 11 heteroatoms. The molecule has 4 rings (SSSR count). The van der Waals surface area contributed by atoms with Crippen LogP contribution in [0.5, 0.6) is 0 Å². The molecule has 0 bridgehead atoms. The lowest BCUT2D eigenvalue weighted by molar-refractivity contribution is -0.346. The predicted octanol–water partition coefficient (Wildman–Crippen LogP) is 0.725. The Morgan fingerprint density at radius 1 is 1.13 bits per heavy atom. The van der Waals surface area contributed by atoms with Crippen molar-refractivity contribution in [1.82, 2.24) is 0 Å². The van der Waals surface area contributed by atoms with Crippen molar-refractivity contribution in [3.8, 4) is 0 Å². The standard InChI is InChI=1S/C27H32O11/c1-27(34)12-11-16-17(24(32)33)14-35-25(20(16)27)38-26-23(22(31)21(30)18(13-28)36-26)37-19(29)10-6-5-9-15-7-3-2-4-8-15/h2-10,14,16,18,20-23,25-26,28,30-31,34H,11-13H2,1H3,(H,32,33). The van der Waals surface area contributed by atoms with E-state index in [-0.39, 0.29) is 5.57 Å². The number of carbonyl (C=O) groups is 2. The van der Waals surface area contributed by atoms with Crippen LogP contribution in [0, 0.1) is 11.8 Å². The number of benzene rings is 1. The first-order valence-corrected chi connectivity index (χ1v) is 12.3. The molecule has 2 heterocycles. The molecule has 2 fully saturated rings. The molecule has 206 valence electrons. The van der Waals surface area contributed by atoms with Crippen molar-refractivity contribution >= 4 is 18.0 Å². The minimum atomic E-state index is -1.68. The van der Waals surface area contributed by atoms with Gasteiger partial charge in [-0.1, -0.05) is 48.6 Å². The van der Waals surface area contributed by atoms with Gasteiger partial charge >= 0.3 is 11.9 Å². The molecule has 3 aliphatic rings. The van der Waals surface area contributed by atoms with Crippen molar-refractivity contribution in [2.45, 2.75) is 62.4 Å². The first-order chi connectivity index (χ1) is 18.1. The summed E-state index contributed by atoms with van der Waals surface area (Å²) < 4.78 is 22.4. The van der Waals surface area contributed by atoms with Crippen LogP contribution >= 0.6 is 0 Å².